The summed E-state index contributed by atoms with van der Waals surface area (Å²) in [7, 11) is 0. The second-order valence-electron chi connectivity index (χ2n) is 6.42. The second kappa shape index (κ2) is 10.2. The minimum Gasteiger partial charge on any atom is -0.343 e. The highest BCUT2D eigenvalue weighted by Crippen LogP contribution is 2.27. The number of unbranched alkanes of at least 4 members (excludes halogenated alkanes) is 2. The number of hydrogen-bond donors (Lipinski definition) is 1. The largest absolute Gasteiger partial charge is 0.343 e. The van der Waals surface area contributed by atoms with Crippen LogP contribution in [0.4, 0.5) is 0 Å². The van der Waals surface area contributed by atoms with E-state index in [-0.39, 0.29) is 0 Å². The Morgan fingerprint density at radius 3 is 2.35 bits per heavy atom. The molecule has 0 heterocycles. The van der Waals surface area contributed by atoms with E-state index >= 15 is 0 Å². The van der Waals surface area contributed by atoms with Crippen LogP contribution in [0.2, 0.25) is 0 Å². The molecule has 0 spiro atoms. The number of carbonyl (C=O) groups is 1. The first kappa shape index (κ1) is 17.5. The standard InChI is InChI=1S/C17H34N2O/c1-3-5-12-19(13-6-4-2)17(20)11-10-15-8-7-9-16(18)14-15/h15-16H,3-14,18H2,1-2H3. The Hall–Kier alpha value is -0.570. The lowest BCUT2D eigenvalue weighted by molar-refractivity contribution is -0.131. The van der Waals surface area contributed by atoms with Crippen LogP contribution in [0.25, 0.3) is 0 Å². The Morgan fingerprint density at radius 2 is 1.80 bits per heavy atom. The Balaban J connectivity index is 2.32. The molecule has 0 radical (unpaired) electrons. The van der Waals surface area contributed by atoms with E-state index in [1.165, 1.54) is 19.3 Å². The maximum atomic E-state index is 12.4. The van der Waals surface area contributed by atoms with Crippen molar-refractivity contribution in [1.82, 2.24) is 4.90 Å². The molecule has 1 saturated carbocycles. The average Bonchev–Trinajstić information content (AvgIpc) is 2.45. The molecule has 0 aromatic rings. The molecule has 1 amide bonds. The SMILES string of the molecule is CCCCN(CCCC)C(=O)CCC1CCCC(N)C1. The lowest BCUT2D eigenvalue weighted by Crippen LogP contribution is -2.34. The Bertz CT molecular complexity index is 260. The van der Waals surface area contributed by atoms with E-state index in [0.717, 1.165) is 58.0 Å². The van der Waals surface area contributed by atoms with Crippen LogP contribution in [0, 0.1) is 5.92 Å². The summed E-state index contributed by atoms with van der Waals surface area (Å²) in [6.45, 7) is 6.26. The summed E-state index contributed by atoms with van der Waals surface area (Å²) in [6, 6.07) is 0.375. The van der Waals surface area contributed by atoms with Gasteiger partial charge in [0.2, 0.25) is 5.91 Å². The molecule has 0 aromatic heterocycles. The molecule has 0 bridgehead atoms. The highest BCUT2D eigenvalue weighted by atomic mass is 16.2. The van der Waals surface area contributed by atoms with Gasteiger partial charge < -0.3 is 10.6 Å². The van der Waals surface area contributed by atoms with Gasteiger partial charge in [-0.3, -0.25) is 4.79 Å². The van der Waals surface area contributed by atoms with Crippen molar-refractivity contribution in [2.75, 3.05) is 13.1 Å². The van der Waals surface area contributed by atoms with Crippen molar-refractivity contribution < 1.29 is 4.79 Å². The van der Waals surface area contributed by atoms with Crippen LogP contribution >= 0.6 is 0 Å². The maximum absolute atomic E-state index is 12.4. The smallest absolute Gasteiger partial charge is 0.222 e. The van der Waals surface area contributed by atoms with E-state index in [0.29, 0.717) is 17.9 Å². The molecule has 0 saturated heterocycles. The molecule has 1 rings (SSSR count). The Labute approximate surface area is 125 Å². The van der Waals surface area contributed by atoms with Crippen LogP contribution in [0.1, 0.15) is 78.1 Å². The third-order valence-electron chi connectivity index (χ3n) is 4.51. The van der Waals surface area contributed by atoms with Gasteiger partial charge in [0.25, 0.3) is 0 Å². The topological polar surface area (TPSA) is 46.3 Å². The number of nitrogens with two attached hydrogens (primary N) is 1. The van der Waals surface area contributed by atoms with Gasteiger partial charge in [-0.05, 0) is 38.0 Å². The zero-order valence-corrected chi connectivity index (χ0v) is 13.6. The summed E-state index contributed by atoms with van der Waals surface area (Å²) in [4.78, 5) is 14.5. The summed E-state index contributed by atoms with van der Waals surface area (Å²) < 4.78 is 0. The fourth-order valence-electron chi connectivity index (χ4n) is 3.14. The van der Waals surface area contributed by atoms with E-state index in [9.17, 15) is 4.79 Å². The fraction of sp³-hybridized carbons (Fsp3) is 0.941. The van der Waals surface area contributed by atoms with Crippen molar-refractivity contribution in [2.24, 2.45) is 11.7 Å². The van der Waals surface area contributed by atoms with Gasteiger partial charge in [0, 0.05) is 25.6 Å². The van der Waals surface area contributed by atoms with Gasteiger partial charge in [0.15, 0.2) is 0 Å². The molecule has 3 heteroatoms. The van der Waals surface area contributed by atoms with Crippen molar-refractivity contribution >= 4 is 5.91 Å². The minimum absolute atomic E-state index is 0.367. The van der Waals surface area contributed by atoms with E-state index in [1.807, 2.05) is 0 Å². The van der Waals surface area contributed by atoms with Crippen LogP contribution in [0.15, 0.2) is 0 Å². The van der Waals surface area contributed by atoms with Crippen LogP contribution in [0.3, 0.4) is 0 Å². The third-order valence-corrected chi connectivity index (χ3v) is 4.51. The monoisotopic (exact) mass is 282 g/mol. The highest BCUT2D eigenvalue weighted by molar-refractivity contribution is 5.76. The molecule has 0 aliphatic heterocycles. The zero-order valence-electron chi connectivity index (χ0n) is 13.6. The number of hydrogen-bond acceptors (Lipinski definition) is 2. The van der Waals surface area contributed by atoms with Crippen molar-refractivity contribution in [2.45, 2.75) is 84.1 Å². The first-order valence-corrected chi connectivity index (χ1v) is 8.70. The lowest BCUT2D eigenvalue weighted by atomic mass is 9.83. The van der Waals surface area contributed by atoms with Gasteiger partial charge in [-0.2, -0.15) is 0 Å². The van der Waals surface area contributed by atoms with Gasteiger partial charge in [0.1, 0.15) is 0 Å². The molecule has 0 aromatic carbocycles. The van der Waals surface area contributed by atoms with Gasteiger partial charge in [0.05, 0.1) is 0 Å². The van der Waals surface area contributed by atoms with Gasteiger partial charge in [-0.1, -0.05) is 39.5 Å². The quantitative estimate of drug-likeness (QED) is 0.700. The van der Waals surface area contributed by atoms with Crippen molar-refractivity contribution in [3.63, 3.8) is 0 Å². The number of amides is 1. The third kappa shape index (κ3) is 6.74. The lowest BCUT2D eigenvalue weighted by Gasteiger charge is -2.28. The Morgan fingerprint density at radius 1 is 1.15 bits per heavy atom. The molecule has 2 N–H and O–H groups in total. The number of nitrogens with zero attached hydrogens (tertiary/aromatic N) is 1. The summed E-state index contributed by atoms with van der Waals surface area (Å²) in [5.74, 6) is 1.05. The van der Waals surface area contributed by atoms with Crippen LogP contribution < -0.4 is 5.73 Å². The van der Waals surface area contributed by atoms with E-state index in [2.05, 4.69) is 18.7 Å². The highest BCUT2D eigenvalue weighted by Gasteiger charge is 2.21. The van der Waals surface area contributed by atoms with Crippen LogP contribution in [0.5, 0.6) is 0 Å². The molecule has 3 nitrogen and oxygen atoms in total. The second-order valence-corrected chi connectivity index (χ2v) is 6.42. The van der Waals surface area contributed by atoms with E-state index < -0.39 is 0 Å². The van der Waals surface area contributed by atoms with Crippen LogP contribution in [-0.4, -0.2) is 29.9 Å². The fourth-order valence-corrected chi connectivity index (χ4v) is 3.14. The number of carbonyl (C=O) groups excluding carboxylic acids is 1. The summed E-state index contributed by atoms with van der Waals surface area (Å²) >= 11 is 0. The molecule has 2 unspecified atom stereocenters. The van der Waals surface area contributed by atoms with Crippen LogP contribution in [-0.2, 0) is 4.79 Å². The molecular weight excluding hydrogens is 248 g/mol. The molecular formula is C17H34N2O. The van der Waals surface area contributed by atoms with E-state index in [1.54, 1.807) is 0 Å². The normalized spacial score (nSPS) is 22.8. The minimum atomic E-state index is 0.367. The van der Waals surface area contributed by atoms with Gasteiger partial charge >= 0.3 is 0 Å². The van der Waals surface area contributed by atoms with Crippen molar-refractivity contribution in [3.05, 3.63) is 0 Å². The van der Waals surface area contributed by atoms with Crippen molar-refractivity contribution in [1.29, 1.82) is 0 Å². The van der Waals surface area contributed by atoms with Crippen molar-refractivity contribution in [3.8, 4) is 0 Å². The summed E-state index contributed by atoms with van der Waals surface area (Å²) in [5, 5.41) is 0. The molecule has 20 heavy (non-hydrogen) atoms. The van der Waals surface area contributed by atoms with E-state index in [4.69, 9.17) is 5.73 Å². The zero-order chi connectivity index (χ0) is 14.8. The summed E-state index contributed by atoms with van der Waals surface area (Å²) in [6.07, 6.45) is 11.2. The van der Waals surface area contributed by atoms with Gasteiger partial charge in [-0.15, -0.1) is 0 Å². The Kier molecular flexibility index (Phi) is 8.92. The number of rotatable bonds is 9. The molecule has 1 aliphatic carbocycles. The molecule has 118 valence electrons. The first-order chi connectivity index (χ1) is 9.67. The molecule has 2 atom stereocenters. The first-order valence-electron chi connectivity index (χ1n) is 8.70. The van der Waals surface area contributed by atoms with Gasteiger partial charge in [-0.25, -0.2) is 0 Å². The predicted molar refractivity (Wildman–Crippen MR) is 85.6 cm³/mol. The average molecular weight is 282 g/mol. The molecule has 1 aliphatic rings. The predicted octanol–water partition coefficient (Wildman–Crippen LogP) is 3.71. The molecule has 1 fully saturated rings. The summed E-state index contributed by atoms with van der Waals surface area (Å²) in [5.41, 5.74) is 6.03. The maximum Gasteiger partial charge on any atom is 0.222 e.